The summed E-state index contributed by atoms with van der Waals surface area (Å²) in [6, 6.07) is 25.0. The first-order chi connectivity index (χ1) is 10.9. The van der Waals surface area contributed by atoms with Crippen molar-refractivity contribution in [3.05, 3.63) is 79.2 Å². The van der Waals surface area contributed by atoms with Crippen LogP contribution in [0.25, 0.3) is 0 Å². The van der Waals surface area contributed by atoms with Gasteiger partial charge in [-0.2, -0.15) is 72.8 Å². The molecule has 2 aromatic carbocycles. The number of nitrogens with zero attached hydrogens (tertiary/aromatic N) is 3. The summed E-state index contributed by atoms with van der Waals surface area (Å²) >= 11 is 0. The fourth-order valence-corrected chi connectivity index (χ4v) is 3.61. The molecule has 7 heteroatoms. The van der Waals surface area contributed by atoms with Crippen molar-refractivity contribution in [2.75, 3.05) is 0 Å². The van der Waals surface area contributed by atoms with Gasteiger partial charge in [-0.1, -0.05) is 0 Å². The molecule has 3 rings (SSSR count). The minimum atomic E-state index is -0.890. The summed E-state index contributed by atoms with van der Waals surface area (Å²) in [6.45, 7) is 0. The van der Waals surface area contributed by atoms with Crippen molar-refractivity contribution in [3.8, 4) is 17.5 Å². The van der Waals surface area contributed by atoms with Crippen molar-refractivity contribution < 1.29 is 17.1 Å². The molecule has 3 aromatic rings. The Kier molecular flexibility index (Phi) is 15.6. The second kappa shape index (κ2) is 16.7. The first kappa shape index (κ1) is 21.4. The van der Waals surface area contributed by atoms with Crippen LogP contribution in [0.5, 0.6) is 0 Å². The van der Waals surface area contributed by atoms with Gasteiger partial charge in [-0.3, -0.25) is 5.92 Å². The Hall–Kier alpha value is -1.62. The first-order valence-corrected chi connectivity index (χ1v) is 8.84. The van der Waals surface area contributed by atoms with E-state index in [0.29, 0.717) is 17.0 Å². The Bertz CT molecular complexity index is 627. The van der Waals surface area contributed by atoms with Crippen LogP contribution in [0.3, 0.4) is 0 Å². The molecule has 0 atom stereocenters. The van der Waals surface area contributed by atoms with Gasteiger partial charge in [-0.05, 0) is 19.2 Å². The van der Waals surface area contributed by atoms with Gasteiger partial charge in [0.1, 0.15) is 0 Å². The van der Waals surface area contributed by atoms with Gasteiger partial charge in [-0.25, -0.2) is 5.92 Å². The van der Waals surface area contributed by atoms with Crippen molar-refractivity contribution in [2.45, 2.75) is 0 Å². The number of hydrogen-bond acceptors (Lipinski definition) is 3. The minimum absolute atomic E-state index is 0. The molecule has 0 spiro atoms. The van der Waals surface area contributed by atoms with E-state index in [1.807, 2.05) is 66.6 Å². The molecule has 1 heterocycles. The van der Waals surface area contributed by atoms with Gasteiger partial charge in [0.25, 0.3) is 7.85 Å². The molecular weight excluding hydrogens is 383 g/mol. The van der Waals surface area contributed by atoms with Crippen LogP contribution < -0.4 is 0 Å². The van der Waals surface area contributed by atoms with Gasteiger partial charge in [0.15, 0.2) is 0 Å². The third-order valence-corrected chi connectivity index (χ3v) is 4.71. The Morgan fingerprint density at radius 3 is 1.61 bits per heavy atom. The topological polar surface area (TPSA) is 38.7 Å². The summed E-state index contributed by atoms with van der Waals surface area (Å²) in [5.74, 6) is 4.34. The van der Waals surface area contributed by atoms with Crippen molar-refractivity contribution in [2.24, 2.45) is 0 Å². The Morgan fingerprint density at radius 1 is 0.826 bits per heavy atom. The Labute approximate surface area is 152 Å². The second-order valence-corrected chi connectivity index (χ2v) is 6.56. The number of hydrogen-bond donors (Lipinski definition) is 0. The maximum atomic E-state index is 6.50. The smallest absolute Gasteiger partial charge is 0.358 e. The molecular formula is C16H10FeN3P3+. The van der Waals surface area contributed by atoms with Crippen LogP contribution in [0.2, 0.25) is 0 Å². The predicted molar refractivity (Wildman–Crippen MR) is 92.8 cm³/mol. The number of benzene rings is 2. The van der Waals surface area contributed by atoms with Crippen LogP contribution in [-0.2, 0) is 17.1 Å². The van der Waals surface area contributed by atoms with Gasteiger partial charge in [-0.15, -0.1) is 0 Å². The van der Waals surface area contributed by atoms with Gasteiger partial charge in [0.05, 0.1) is 0 Å². The minimum Gasteiger partial charge on any atom is -0.358 e. The molecule has 0 saturated heterocycles. The van der Waals surface area contributed by atoms with E-state index in [-0.39, 0.29) is 17.1 Å². The molecule has 23 heavy (non-hydrogen) atoms. The molecule has 0 saturated carbocycles. The molecule has 0 aliphatic rings. The van der Waals surface area contributed by atoms with Crippen molar-refractivity contribution in [1.82, 2.24) is 13.5 Å². The maximum absolute atomic E-state index is 6.50. The fourth-order valence-electron chi connectivity index (χ4n) is 0.954. The van der Waals surface area contributed by atoms with E-state index >= 15 is 0 Å². The van der Waals surface area contributed by atoms with Gasteiger partial charge >= 0.3 is 34.1 Å². The van der Waals surface area contributed by atoms with Crippen molar-refractivity contribution >= 4 is 24.9 Å². The molecule has 1 radical (unpaired) electrons. The van der Waals surface area contributed by atoms with Crippen LogP contribution in [0.1, 0.15) is 0 Å². The molecule has 111 valence electrons. The van der Waals surface area contributed by atoms with E-state index < -0.39 is 7.85 Å². The van der Waals surface area contributed by atoms with Crippen LogP contribution in [0, 0.1) is 36.1 Å². The van der Waals surface area contributed by atoms with Crippen molar-refractivity contribution in [3.63, 3.8) is 0 Å². The van der Waals surface area contributed by atoms with E-state index in [9.17, 15) is 0 Å². The normalized spacial score (nSPS) is 8.74. The van der Waals surface area contributed by atoms with Gasteiger partial charge in [0.2, 0.25) is 0 Å². The Morgan fingerprint density at radius 2 is 1.30 bits per heavy atom. The molecule has 0 aliphatic carbocycles. The summed E-state index contributed by atoms with van der Waals surface area (Å²) in [6.07, 6.45) is 6.50. The quantitative estimate of drug-likeness (QED) is 0.317. The van der Waals surface area contributed by atoms with E-state index in [4.69, 9.17) is 6.42 Å². The van der Waals surface area contributed by atoms with E-state index in [1.165, 1.54) is 0 Å². The molecule has 1 aromatic heterocycles. The van der Waals surface area contributed by atoms with Gasteiger partial charge < -0.3 is 6.42 Å². The average Bonchev–Trinajstić information content (AvgIpc) is 2.65. The third kappa shape index (κ3) is 13.7. The van der Waals surface area contributed by atoms with Crippen molar-refractivity contribution in [1.29, 1.82) is 0 Å². The molecule has 3 nitrogen and oxygen atoms in total. The van der Waals surface area contributed by atoms with Crippen LogP contribution in [0.15, 0.2) is 60.7 Å². The number of aromatic nitrogens is 3. The summed E-state index contributed by atoms with van der Waals surface area (Å²) < 4.78 is 11.8. The van der Waals surface area contributed by atoms with E-state index in [2.05, 4.69) is 37.2 Å². The molecule has 0 amide bonds. The van der Waals surface area contributed by atoms with Crippen LogP contribution >= 0.6 is 24.9 Å². The van der Waals surface area contributed by atoms with Crippen LogP contribution in [0.4, 0.5) is 0 Å². The monoisotopic (exact) mass is 393 g/mol. The average molecular weight is 393 g/mol. The predicted octanol–water partition coefficient (Wildman–Crippen LogP) is 4.67. The summed E-state index contributed by atoms with van der Waals surface area (Å²) in [5, 5.41) is 0. The standard InChI is InChI=1S/2C6H5.C4N3P3.Fe/c2*1-2-4-6-5-3-1;1-2-3-4-10-6-8-5-9-7-10;/h2*1-5H;;/q2*-1;;+3. The zero-order valence-corrected chi connectivity index (χ0v) is 15.6. The Balaban J connectivity index is 0.000000325. The SMILES string of the molecule is [C-]#CC#C[p+]1npnpn1.[Fe+3].[c-]1ccccc1.[c-]1ccccc1. The largest absolute Gasteiger partial charge is 3.00 e. The first-order valence-electron chi connectivity index (χ1n) is 5.99. The third-order valence-electron chi connectivity index (χ3n) is 1.76. The van der Waals surface area contributed by atoms with E-state index in [1.54, 1.807) is 0 Å². The summed E-state index contributed by atoms with van der Waals surface area (Å²) in [5.41, 5.74) is 2.68. The van der Waals surface area contributed by atoms with Gasteiger partial charge in [0, 0.05) is 0 Å². The van der Waals surface area contributed by atoms with E-state index in [0.717, 1.165) is 0 Å². The fraction of sp³-hybridized carbons (Fsp3) is 0. The zero-order chi connectivity index (χ0) is 15.7. The molecule has 0 bridgehead atoms. The molecule has 0 aliphatic heterocycles. The summed E-state index contributed by atoms with van der Waals surface area (Å²) in [7, 11) is 0.519. The van der Waals surface area contributed by atoms with Crippen LogP contribution in [-0.4, -0.2) is 13.5 Å². The zero-order valence-electron chi connectivity index (χ0n) is 11.8. The second-order valence-electron chi connectivity index (χ2n) is 3.25. The summed E-state index contributed by atoms with van der Waals surface area (Å²) in [4.78, 5) is 0. The molecule has 0 unspecified atom stereocenters. The maximum Gasteiger partial charge on any atom is 3.00 e. The molecule has 0 fully saturated rings. The molecule has 0 N–H and O–H groups in total. The number of rotatable bonds is 0.